The average molecular weight is 219 g/mol. The summed E-state index contributed by atoms with van der Waals surface area (Å²) in [4.78, 5) is 13.4. The van der Waals surface area contributed by atoms with Crippen molar-refractivity contribution < 1.29 is 28.9 Å². The number of alkyl halides is 2. The van der Waals surface area contributed by atoms with Gasteiger partial charge in [0.15, 0.2) is 0 Å². The fourth-order valence-electron chi connectivity index (χ4n) is 1.03. The lowest BCUT2D eigenvalue weighted by molar-refractivity contribution is -0.136. The molecule has 0 spiro atoms. The summed E-state index contributed by atoms with van der Waals surface area (Å²) in [5.74, 6) is -2.96. The third kappa shape index (κ3) is 2.30. The van der Waals surface area contributed by atoms with E-state index < -0.39 is 41.6 Å². The van der Waals surface area contributed by atoms with E-state index in [2.05, 4.69) is 4.98 Å². The van der Waals surface area contributed by atoms with Crippen LogP contribution >= 0.6 is 0 Å². The van der Waals surface area contributed by atoms with Gasteiger partial charge in [-0.1, -0.05) is 0 Å². The maximum Gasteiger partial charge on any atom is 0.308 e. The number of hydrogen-bond donors (Lipinski definition) is 3. The molecule has 0 radical (unpaired) electrons. The maximum absolute atomic E-state index is 12.2. The van der Waals surface area contributed by atoms with Gasteiger partial charge >= 0.3 is 5.97 Å². The highest BCUT2D eigenvalue weighted by molar-refractivity contribution is 5.72. The number of pyridine rings is 1. The standard InChI is InChI=1S/C8H7F2NO4/c9-8(10)6-7(15)3(1-5(13)14)4(12)2-11-6/h2,8,12,15H,1H2,(H,13,14). The van der Waals surface area contributed by atoms with Crippen LogP contribution in [0.1, 0.15) is 17.7 Å². The second-order valence-electron chi connectivity index (χ2n) is 2.73. The Morgan fingerprint density at radius 1 is 1.47 bits per heavy atom. The number of aromatic hydroxyl groups is 2. The van der Waals surface area contributed by atoms with E-state index in [-0.39, 0.29) is 0 Å². The van der Waals surface area contributed by atoms with Crippen molar-refractivity contribution >= 4 is 5.97 Å². The van der Waals surface area contributed by atoms with Crippen LogP contribution in [0.5, 0.6) is 11.5 Å². The van der Waals surface area contributed by atoms with Gasteiger partial charge in [-0.2, -0.15) is 0 Å². The zero-order valence-corrected chi connectivity index (χ0v) is 7.31. The first kappa shape index (κ1) is 11.2. The van der Waals surface area contributed by atoms with E-state index >= 15 is 0 Å². The summed E-state index contributed by atoms with van der Waals surface area (Å²) in [7, 11) is 0. The largest absolute Gasteiger partial charge is 0.506 e. The summed E-state index contributed by atoms with van der Waals surface area (Å²) >= 11 is 0. The predicted octanol–water partition coefficient (Wildman–Crippen LogP) is 1.06. The number of hydrogen-bond acceptors (Lipinski definition) is 4. The van der Waals surface area contributed by atoms with Crippen molar-refractivity contribution in [3.05, 3.63) is 17.5 Å². The van der Waals surface area contributed by atoms with Gasteiger partial charge in [0.25, 0.3) is 6.43 Å². The molecule has 0 saturated carbocycles. The van der Waals surface area contributed by atoms with Crippen molar-refractivity contribution in [1.82, 2.24) is 4.98 Å². The summed E-state index contributed by atoms with van der Waals surface area (Å²) in [6, 6.07) is 0. The zero-order valence-electron chi connectivity index (χ0n) is 7.31. The molecule has 15 heavy (non-hydrogen) atoms. The third-order valence-electron chi connectivity index (χ3n) is 1.70. The molecule has 1 aromatic heterocycles. The molecule has 3 N–H and O–H groups in total. The number of halogens is 2. The van der Waals surface area contributed by atoms with Crippen molar-refractivity contribution in [2.45, 2.75) is 12.8 Å². The Balaban J connectivity index is 3.23. The minimum atomic E-state index is -3.03. The van der Waals surface area contributed by atoms with E-state index in [1.807, 2.05) is 0 Å². The number of aromatic nitrogens is 1. The molecule has 0 saturated heterocycles. The van der Waals surface area contributed by atoms with Gasteiger partial charge < -0.3 is 15.3 Å². The SMILES string of the molecule is O=C(O)Cc1c(O)cnc(C(F)F)c1O. The molecule has 0 atom stereocenters. The lowest BCUT2D eigenvalue weighted by Crippen LogP contribution is -2.03. The van der Waals surface area contributed by atoms with Crippen LogP contribution in [-0.2, 0) is 11.2 Å². The molecular weight excluding hydrogens is 212 g/mol. The summed E-state index contributed by atoms with van der Waals surface area (Å²) in [5, 5.41) is 26.8. The molecular formula is C8H7F2NO4. The van der Waals surface area contributed by atoms with Gasteiger partial charge in [0.2, 0.25) is 0 Å². The van der Waals surface area contributed by atoms with Crippen molar-refractivity contribution in [3.8, 4) is 11.5 Å². The van der Waals surface area contributed by atoms with Gasteiger partial charge in [-0.25, -0.2) is 13.8 Å². The number of carboxylic acid groups (broad SMARTS) is 1. The zero-order chi connectivity index (χ0) is 11.6. The van der Waals surface area contributed by atoms with Crippen LogP contribution in [0.2, 0.25) is 0 Å². The monoisotopic (exact) mass is 219 g/mol. The molecule has 0 unspecified atom stereocenters. The predicted molar refractivity (Wildman–Crippen MR) is 43.9 cm³/mol. The second-order valence-corrected chi connectivity index (χ2v) is 2.73. The molecule has 0 aliphatic carbocycles. The van der Waals surface area contributed by atoms with E-state index in [0.29, 0.717) is 6.20 Å². The summed E-state index contributed by atoms with van der Waals surface area (Å²) in [6.45, 7) is 0. The van der Waals surface area contributed by atoms with Crippen LogP contribution < -0.4 is 0 Å². The normalized spacial score (nSPS) is 10.6. The second kappa shape index (κ2) is 4.07. The van der Waals surface area contributed by atoms with Crippen LogP contribution in [0.3, 0.4) is 0 Å². The lowest BCUT2D eigenvalue weighted by Gasteiger charge is -2.08. The molecule has 82 valence electrons. The number of rotatable bonds is 3. The minimum Gasteiger partial charge on any atom is -0.506 e. The first-order valence-corrected chi connectivity index (χ1v) is 3.83. The number of carbonyl (C=O) groups is 1. The lowest BCUT2D eigenvalue weighted by atomic mass is 10.1. The Kier molecular flexibility index (Phi) is 3.03. The van der Waals surface area contributed by atoms with Crippen molar-refractivity contribution in [2.75, 3.05) is 0 Å². The van der Waals surface area contributed by atoms with Crippen LogP contribution in [0, 0.1) is 0 Å². The van der Waals surface area contributed by atoms with Gasteiger partial charge in [0, 0.05) is 0 Å². The Bertz CT molecular complexity index is 394. The van der Waals surface area contributed by atoms with Crippen molar-refractivity contribution in [1.29, 1.82) is 0 Å². The molecule has 0 amide bonds. The van der Waals surface area contributed by atoms with E-state index in [9.17, 15) is 18.7 Å². The molecule has 1 heterocycles. The van der Waals surface area contributed by atoms with Crippen molar-refractivity contribution in [3.63, 3.8) is 0 Å². The Morgan fingerprint density at radius 2 is 2.07 bits per heavy atom. The van der Waals surface area contributed by atoms with Gasteiger partial charge in [-0.05, 0) is 0 Å². The van der Waals surface area contributed by atoms with Gasteiger partial charge in [0.1, 0.15) is 17.2 Å². The highest BCUT2D eigenvalue weighted by Gasteiger charge is 2.21. The van der Waals surface area contributed by atoms with E-state index in [1.165, 1.54) is 0 Å². The van der Waals surface area contributed by atoms with Crippen LogP contribution in [0.4, 0.5) is 8.78 Å². The molecule has 0 fully saturated rings. The topological polar surface area (TPSA) is 90.7 Å². The molecule has 0 aromatic carbocycles. The molecule has 5 nitrogen and oxygen atoms in total. The van der Waals surface area contributed by atoms with Crippen LogP contribution in [0.25, 0.3) is 0 Å². The Labute approximate surface area is 82.6 Å². The third-order valence-corrected chi connectivity index (χ3v) is 1.70. The van der Waals surface area contributed by atoms with E-state index in [0.717, 1.165) is 0 Å². The van der Waals surface area contributed by atoms with Crippen LogP contribution in [-0.4, -0.2) is 26.3 Å². The van der Waals surface area contributed by atoms with Gasteiger partial charge in [0.05, 0.1) is 18.2 Å². The smallest absolute Gasteiger partial charge is 0.308 e. The van der Waals surface area contributed by atoms with Crippen molar-refractivity contribution in [2.24, 2.45) is 0 Å². The number of carboxylic acids is 1. The molecule has 0 aliphatic rings. The van der Waals surface area contributed by atoms with Gasteiger partial charge in [-0.15, -0.1) is 0 Å². The number of nitrogens with zero attached hydrogens (tertiary/aromatic N) is 1. The van der Waals surface area contributed by atoms with Crippen LogP contribution in [0.15, 0.2) is 6.20 Å². The summed E-state index contributed by atoms with van der Waals surface area (Å²) in [5.41, 5.74) is -1.41. The minimum absolute atomic E-state index is 0.465. The average Bonchev–Trinajstić information content (AvgIpc) is 2.11. The Morgan fingerprint density at radius 3 is 2.53 bits per heavy atom. The molecule has 7 heteroatoms. The van der Waals surface area contributed by atoms with Gasteiger partial charge in [-0.3, -0.25) is 4.79 Å². The summed E-state index contributed by atoms with van der Waals surface area (Å²) < 4.78 is 24.5. The maximum atomic E-state index is 12.2. The first-order chi connectivity index (χ1) is 6.93. The Hall–Kier alpha value is -1.92. The quantitative estimate of drug-likeness (QED) is 0.707. The molecule has 1 rings (SSSR count). The summed E-state index contributed by atoms with van der Waals surface area (Å²) in [6.07, 6.45) is -3.10. The molecule has 0 aliphatic heterocycles. The molecule has 0 bridgehead atoms. The van der Waals surface area contributed by atoms with E-state index in [4.69, 9.17) is 10.2 Å². The molecule has 1 aromatic rings. The fourth-order valence-corrected chi connectivity index (χ4v) is 1.03. The van der Waals surface area contributed by atoms with E-state index in [1.54, 1.807) is 0 Å². The number of aliphatic carboxylic acids is 1. The first-order valence-electron chi connectivity index (χ1n) is 3.83. The highest BCUT2D eigenvalue weighted by Crippen LogP contribution is 2.34. The fraction of sp³-hybridized carbons (Fsp3) is 0.250. The highest BCUT2D eigenvalue weighted by atomic mass is 19.3.